The first kappa shape index (κ1) is 19.0. The minimum atomic E-state index is -0.218. The molecule has 3 aliphatic rings. The zero-order chi connectivity index (χ0) is 19.5. The molecule has 0 N–H and O–H groups in total. The predicted octanol–water partition coefficient (Wildman–Crippen LogP) is 0.554. The lowest BCUT2D eigenvalue weighted by molar-refractivity contribution is -0.137. The van der Waals surface area contributed by atoms with E-state index in [0.29, 0.717) is 39.2 Å². The Balaban J connectivity index is 1.26. The summed E-state index contributed by atoms with van der Waals surface area (Å²) in [5.41, 5.74) is 1.18. The van der Waals surface area contributed by atoms with Crippen LogP contribution in [0.15, 0.2) is 18.2 Å². The van der Waals surface area contributed by atoms with E-state index in [0.717, 1.165) is 31.1 Å². The first-order valence-electron chi connectivity index (χ1n) is 9.80. The summed E-state index contributed by atoms with van der Waals surface area (Å²) in [7, 11) is 1.62. The fourth-order valence-electron chi connectivity index (χ4n) is 4.04. The second-order valence-electron chi connectivity index (χ2n) is 7.52. The third-order valence-corrected chi connectivity index (χ3v) is 5.66. The van der Waals surface area contributed by atoms with Crippen LogP contribution in [0.25, 0.3) is 0 Å². The van der Waals surface area contributed by atoms with Gasteiger partial charge in [0.2, 0.25) is 18.6 Å². The van der Waals surface area contributed by atoms with Gasteiger partial charge >= 0.3 is 0 Å². The Morgan fingerprint density at radius 1 is 1.18 bits per heavy atom. The average molecular weight is 389 g/mol. The monoisotopic (exact) mass is 389 g/mol. The number of carbonyl (C=O) groups is 2. The maximum Gasteiger partial charge on any atom is 0.231 e. The molecule has 1 aromatic rings. The van der Waals surface area contributed by atoms with E-state index >= 15 is 0 Å². The maximum atomic E-state index is 12.8. The number of methoxy groups -OCH3 is 1. The van der Waals surface area contributed by atoms with Crippen molar-refractivity contribution in [1.29, 1.82) is 0 Å². The van der Waals surface area contributed by atoms with Gasteiger partial charge in [-0.3, -0.25) is 14.5 Å². The number of ether oxygens (including phenoxy) is 3. The first-order valence-corrected chi connectivity index (χ1v) is 9.80. The number of hydrogen-bond donors (Lipinski definition) is 0. The van der Waals surface area contributed by atoms with Crippen molar-refractivity contribution in [2.75, 3.05) is 59.8 Å². The SMILES string of the molecule is COCCN1CC(C(=O)N2CCN(Cc3ccc4c(c3)OCO4)CC2)CC1=O. The second kappa shape index (κ2) is 8.36. The Bertz CT molecular complexity index is 733. The highest BCUT2D eigenvalue weighted by molar-refractivity contribution is 5.89. The molecular weight excluding hydrogens is 362 g/mol. The number of rotatable bonds is 6. The fraction of sp³-hybridized carbons (Fsp3) is 0.600. The van der Waals surface area contributed by atoms with E-state index < -0.39 is 0 Å². The van der Waals surface area contributed by atoms with Crippen LogP contribution in [-0.4, -0.2) is 86.3 Å². The lowest BCUT2D eigenvalue weighted by atomic mass is 10.1. The van der Waals surface area contributed by atoms with Crippen molar-refractivity contribution in [3.63, 3.8) is 0 Å². The molecule has 1 unspecified atom stereocenters. The number of piperazine rings is 1. The standard InChI is InChI=1S/C20H27N3O5/c1-26-9-8-23-13-16(11-19(23)24)20(25)22-6-4-21(5-7-22)12-15-2-3-17-18(10-15)28-14-27-17/h2-3,10,16H,4-9,11-14H2,1H3. The van der Waals surface area contributed by atoms with E-state index in [1.165, 1.54) is 5.56 Å². The largest absolute Gasteiger partial charge is 0.454 e. The predicted molar refractivity (Wildman–Crippen MR) is 101 cm³/mol. The summed E-state index contributed by atoms with van der Waals surface area (Å²) in [6.45, 7) is 5.74. The van der Waals surface area contributed by atoms with Gasteiger partial charge in [0.15, 0.2) is 11.5 Å². The maximum absolute atomic E-state index is 12.8. The van der Waals surface area contributed by atoms with Crippen LogP contribution in [0.3, 0.4) is 0 Å². The number of amides is 2. The lowest BCUT2D eigenvalue weighted by Gasteiger charge is -2.36. The van der Waals surface area contributed by atoms with E-state index in [4.69, 9.17) is 14.2 Å². The number of benzene rings is 1. The van der Waals surface area contributed by atoms with Gasteiger partial charge in [-0.05, 0) is 17.7 Å². The molecule has 1 aromatic carbocycles. The molecule has 8 nitrogen and oxygen atoms in total. The van der Waals surface area contributed by atoms with Crippen molar-refractivity contribution in [3.8, 4) is 11.5 Å². The third-order valence-electron chi connectivity index (χ3n) is 5.66. The zero-order valence-corrected chi connectivity index (χ0v) is 16.3. The number of carbonyl (C=O) groups excluding carboxylic acids is 2. The minimum absolute atomic E-state index is 0.0526. The van der Waals surface area contributed by atoms with E-state index in [1.807, 2.05) is 17.0 Å². The number of likely N-dealkylation sites (tertiary alicyclic amines) is 1. The van der Waals surface area contributed by atoms with Crippen LogP contribution in [0.4, 0.5) is 0 Å². The van der Waals surface area contributed by atoms with Crippen molar-refractivity contribution in [2.24, 2.45) is 5.92 Å². The molecule has 0 spiro atoms. The number of hydrogen-bond acceptors (Lipinski definition) is 6. The van der Waals surface area contributed by atoms with E-state index in [2.05, 4.69) is 11.0 Å². The van der Waals surface area contributed by atoms with Crippen LogP contribution in [-0.2, 0) is 20.9 Å². The number of fused-ring (bicyclic) bond motifs is 1. The summed E-state index contributed by atoms with van der Waals surface area (Å²) in [5, 5.41) is 0. The Morgan fingerprint density at radius 2 is 1.96 bits per heavy atom. The zero-order valence-electron chi connectivity index (χ0n) is 16.3. The average Bonchev–Trinajstić information content (AvgIpc) is 3.32. The Kier molecular flexibility index (Phi) is 5.68. The van der Waals surface area contributed by atoms with Crippen LogP contribution in [0.2, 0.25) is 0 Å². The smallest absolute Gasteiger partial charge is 0.231 e. The Labute approximate surface area is 164 Å². The fourth-order valence-corrected chi connectivity index (χ4v) is 4.04. The number of nitrogens with zero attached hydrogens (tertiary/aromatic N) is 3. The molecule has 1 atom stereocenters. The quantitative estimate of drug-likeness (QED) is 0.708. The molecule has 2 fully saturated rings. The highest BCUT2D eigenvalue weighted by Crippen LogP contribution is 2.33. The molecule has 3 heterocycles. The van der Waals surface area contributed by atoms with Gasteiger partial charge in [0.05, 0.1) is 12.5 Å². The highest BCUT2D eigenvalue weighted by Gasteiger charge is 2.37. The normalized spacial score (nSPS) is 22.2. The van der Waals surface area contributed by atoms with Gasteiger partial charge in [0.25, 0.3) is 0 Å². The van der Waals surface area contributed by atoms with Crippen molar-refractivity contribution >= 4 is 11.8 Å². The molecule has 0 saturated carbocycles. The van der Waals surface area contributed by atoms with Crippen molar-refractivity contribution < 1.29 is 23.8 Å². The molecule has 3 aliphatic heterocycles. The van der Waals surface area contributed by atoms with E-state index in [9.17, 15) is 9.59 Å². The topological polar surface area (TPSA) is 71.6 Å². The van der Waals surface area contributed by atoms with Gasteiger partial charge in [0, 0.05) is 59.3 Å². The summed E-state index contributed by atoms with van der Waals surface area (Å²) in [6.07, 6.45) is 0.319. The van der Waals surface area contributed by atoms with Crippen LogP contribution in [0.5, 0.6) is 11.5 Å². The van der Waals surface area contributed by atoms with Crippen LogP contribution in [0, 0.1) is 5.92 Å². The van der Waals surface area contributed by atoms with Gasteiger partial charge in [-0.15, -0.1) is 0 Å². The summed E-state index contributed by atoms with van der Waals surface area (Å²) < 4.78 is 15.8. The van der Waals surface area contributed by atoms with E-state index in [1.54, 1.807) is 12.0 Å². The molecule has 0 aliphatic carbocycles. The van der Waals surface area contributed by atoms with Crippen molar-refractivity contribution in [3.05, 3.63) is 23.8 Å². The highest BCUT2D eigenvalue weighted by atomic mass is 16.7. The Hall–Kier alpha value is -2.32. The molecule has 0 aromatic heterocycles. The molecule has 2 amide bonds. The molecule has 8 heteroatoms. The molecule has 152 valence electrons. The van der Waals surface area contributed by atoms with Gasteiger partial charge < -0.3 is 24.0 Å². The van der Waals surface area contributed by atoms with Gasteiger partial charge in [0.1, 0.15) is 0 Å². The summed E-state index contributed by atoms with van der Waals surface area (Å²) in [4.78, 5) is 30.9. The molecule has 4 rings (SSSR count). The van der Waals surface area contributed by atoms with Crippen LogP contribution >= 0.6 is 0 Å². The summed E-state index contributed by atoms with van der Waals surface area (Å²) >= 11 is 0. The molecule has 0 bridgehead atoms. The molecule has 0 radical (unpaired) electrons. The van der Waals surface area contributed by atoms with Crippen LogP contribution in [0.1, 0.15) is 12.0 Å². The molecular formula is C20H27N3O5. The van der Waals surface area contributed by atoms with E-state index in [-0.39, 0.29) is 24.5 Å². The van der Waals surface area contributed by atoms with Crippen molar-refractivity contribution in [2.45, 2.75) is 13.0 Å². The molecule has 28 heavy (non-hydrogen) atoms. The van der Waals surface area contributed by atoms with Crippen LogP contribution < -0.4 is 9.47 Å². The van der Waals surface area contributed by atoms with Crippen molar-refractivity contribution in [1.82, 2.24) is 14.7 Å². The Morgan fingerprint density at radius 3 is 2.75 bits per heavy atom. The van der Waals surface area contributed by atoms with Gasteiger partial charge in [-0.25, -0.2) is 0 Å². The first-order chi connectivity index (χ1) is 13.6. The third kappa shape index (κ3) is 4.07. The second-order valence-corrected chi connectivity index (χ2v) is 7.52. The summed E-state index contributed by atoms with van der Waals surface area (Å²) in [6, 6.07) is 6.03. The van der Waals surface area contributed by atoms with Gasteiger partial charge in [-0.1, -0.05) is 6.07 Å². The lowest BCUT2D eigenvalue weighted by Crippen LogP contribution is -2.50. The minimum Gasteiger partial charge on any atom is -0.454 e. The van der Waals surface area contributed by atoms with Gasteiger partial charge in [-0.2, -0.15) is 0 Å². The molecule has 2 saturated heterocycles. The summed E-state index contributed by atoms with van der Waals surface area (Å²) in [5.74, 6) is 1.54.